The minimum atomic E-state index is 0.309. The molecule has 0 bridgehead atoms. The topological polar surface area (TPSA) is 64.1 Å². The van der Waals surface area contributed by atoms with Crippen molar-refractivity contribution in [2.24, 2.45) is 0 Å². The lowest BCUT2D eigenvalue weighted by Gasteiger charge is -2.11. The lowest BCUT2D eigenvalue weighted by atomic mass is 10.1. The lowest BCUT2D eigenvalue weighted by molar-refractivity contribution is 0.111. The van der Waals surface area contributed by atoms with Crippen molar-refractivity contribution in [3.05, 3.63) is 94.9 Å². The minimum Gasteiger partial charge on any atom is -0.380 e. The molecular weight excluding hydrogens is 418 g/mol. The zero-order valence-electron chi connectivity index (χ0n) is 17.8. The Bertz CT molecular complexity index is 1340. The zero-order valence-corrected chi connectivity index (χ0v) is 18.6. The molecule has 0 radical (unpaired) electrons. The van der Waals surface area contributed by atoms with Gasteiger partial charge in [-0.25, -0.2) is 0 Å². The molecule has 2 heterocycles. The van der Waals surface area contributed by atoms with Gasteiger partial charge in [0, 0.05) is 41.6 Å². The number of nitrogens with one attached hydrogen (secondary N) is 1. The average molecular weight is 440 g/mol. The normalized spacial score (nSPS) is 10.4. The third-order valence-electron chi connectivity index (χ3n) is 4.87. The van der Waals surface area contributed by atoms with Gasteiger partial charge in [0.15, 0.2) is 6.29 Å². The molecule has 5 nitrogen and oxygen atoms in total. The van der Waals surface area contributed by atoms with Crippen LogP contribution in [0.5, 0.6) is 0 Å². The van der Waals surface area contributed by atoms with Gasteiger partial charge in [-0.15, -0.1) is 0 Å². The maximum absolute atomic E-state index is 11.2. The van der Waals surface area contributed by atoms with Crippen LogP contribution in [-0.4, -0.2) is 23.4 Å². The van der Waals surface area contributed by atoms with Crippen LogP contribution in [0.1, 0.15) is 32.7 Å². The maximum Gasteiger partial charge on any atom is 0.168 e. The quantitative estimate of drug-likeness (QED) is 0.246. The van der Waals surface area contributed by atoms with Crippen molar-refractivity contribution >= 4 is 34.8 Å². The fourth-order valence-electron chi connectivity index (χ4n) is 3.24. The number of carbonyl (C=O) groups is 1. The van der Waals surface area contributed by atoms with Crippen molar-refractivity contribution in [2.75, 3.05) is 11.8 Å². The summed E-state index contributed by atoms with van der Waals surface area (Å²) in [5.41, 5.74) is 5.71. The number of fused-ring (bicyclic) bond motifs is 1. The first-order valence-electron chi connectivity index (χ1n) is 10.0. The molecule has 2 aromatic carbocycles. The van der Waals surface area contributed by atoms with Crippen molar-refractivity contribution in [3.63, 3.8) is 0 Å². The Morgan fingerprint density at radius 2 is 1.97 bits per heavy atom. The average Bonchev–Trinajstić information content (AvgIpc) is 2.83. The second-order valence-corrected chi connectivity index (χ2v) is 7.92. The summed E-state index contributed by atoms with van der Waals surface area (Å²) >= 11 is 1.53. The van der Waals surface area contributed by atoms with Crippen LogP contribution < -0.4 is 4.72 Å². The van der Waals surface area contributed by atoms with Gasteiger partial charge in [0.25, 0.3) is 0 Å². The van der Waals surface area contributed by atoms with E-state index in [-0.39, 0.29) is 0 Å². The predicted molar refractivity (Wildman–Crippen MR) is 129 cm³/mol. The summed E-state index contributed by atoms with van der Waals surface area (Å²) in [6, 6.07) is 17.9. The predicted octanol–water partition coefficient (Wildman–Crippen LogP) is 5.42. The van der Waals surface area contributed by atoms with Gasteiger partial charge in [-0.05, 0) is 48.7 Å². The van der Waals surface area contributed by atoms with Gasteiger partial charge in [0.1, 0.15) is 5.69 Å². The summed E-state index contributed by atoms with van der Waals surface area (Å²) < 4.78 is 8.60. The van der Waals surface area contributed by atoms with E-state index in [2.05, 4.69) is 51.7 Å². The van der Waals surface area contributed by atoms with E-state index in [0.717, 1.165) is 50.0 Å². The van der Waals surface area contributed by atoms with E-state index < -0.39 is 0 Å². The number of aldehydes is 1. The molecule has 0 aliphatic carbocycles. The number of rotatable bonds is 6. The smallest absolute Gasteiger partial charge is 0.168 e. The van der Waals surface area contributed by atoms with Crippen LogP contribution in [0.4, 0.5) is 5.69 Å². The summed E-state index contributed by atoms with van der Waals surface area (Å²) in [4.78, 5) is 21.0. The number of hydrogen-bond donors (Lipinski definition) is 1. The highest BCUT2D eigenvalue weighted by molar-refractivity contribution is 8.00. The molecular formula is C26H21N3O2S. The standard InChI is InChI=1S/C26H21N3O2S/c1-18-9-11-21-7-5-13-27-25(21)26(18)32-29-23-8-4-3-6-20(23)12-10-19-14-22(17-31-2)24(16-30)28-15-19/h3-9,11,13-16,29H,17H2,1-2H3. The number of aromatic nitrogens is 2. The highest BCUT2D eigenvalue weighted by Gasteiger charge is 2.08. The third kappa shape index (κ3) is 4.80. The monoisotopic (exact) mass is 439 g/mol. The number of hydrogen-bond acceptors (Lipinski definition) is 6. The van der Waals surface area contributed by atoms with E-state index in [0.29, 0.717) is 12.3 Å². The van der Waals surface area contributed by atoms with Crippen LogP contribution in [0.3, 0.4) is 0 Å². The summed E-state index contributed by atoms with van der Waals surface area (Å²) in [5.74, 6) is 6.36. The van der Waals surface area contributed by atoms with E-state index >= 15 is 0 Å². The Morgan fingerprint density at radius 1 is 1.09 bits per heavy atom. The Kier molecular flexibility index (Phi) is 6.81. The molecule has 32 heavy (non-hydrogen) atoms. The second-order valence-electron chi connectivity index (χ2n) is 7.11. The molecule has 0 unspecified atom stereocenters. The van der Waals surface area contributed by atoms with Gasteiger partial charge in [-0.1, -0.05) is 42.2 Å². The van der Waals surface area contributed by atoms with Crippen LogP contribution >= 0.6 is 11.9 Å². The maximum atomic E-state index is 11.2. The first-order chi connectivity index (χ1) is 15.7. The summed E-state index contributed by atoms with van der Waals surface area (Å²) in [6.07, 6.45) is 4.14. The van der Waals surface area contributed by atoms with Crippen LogP contribution in [-0.2, 0) is 11.3 Å². The molecule has 0 fully saturated rings. The molecule has 6 heteroatoms. The first kappa shape index (κ1) is 21.6. The van der Waals surface area contributed by atoms with Gasteiger partial charge in [0.05, 0.1) is 22.7 Å². The van der Waals surface area contributed by atoms with Crippen LogP contribution in [0, 0.1) is 18.8 Å². The van der Waals surface area contributed by atoms with E-state index in [1.165, 1.54) is 11.9 Å². The molecule has 0 spiro atoms. The van der Waals surface area contributed by atoms with E-state index in [1.54, 1.807) is 13.3 Å². The fraction of sp³-hybridized carbons (Fsp3) is 0.115. The van der Waals surface area contributed by atoms with Crippen LogP contribution in [0.2, 0.25) is 0 Å². The number of nitrogens with zero attached hydrogens (tertiary/aromatic N) is 2. The van der Waals surface area contributed by atoms with Crippen LogP contribution in [0.25, 0.3) is 10.9 Å². The van der Waals surface area contributed by atoms with Gasteiger partial charge in [-0.2, -0.15) is 0 Å². The molecule has 1 N–H and O–H groups in total. The van der Waals surface area contributed by atoms with Gasteiger partial charge >= 0.3 is 0 Å². The molecule has 158 valence electrons. The highest BCUT2D eigenvalue weighted by Crippen LogP contribution is 2.31. The molecule has 0 saturated heterocycles. The number of methoxy groups -OCH3 is 1. The summed E-state index contributed by atoms with van der Waals surface area (Å²) in [5, 5.41) is 1.11. The lowest BCUT2D eigenvalue weighted by Crippen LogP contribution is -1.99. The largest absolute Gasteiger partial charge is 0.380 e. The number of aryl methyl sites for hydroxylation is 1. The fourth-order valence-corrected chi connectivity index (χ4v) is 4.13. The van der Waals surface area contributed by atoms with Gasteiger partial charge in [0.2, 0.25) is 0 Å². The van der Waals surface area contributed by atoms with Crippen molar-refractivity contribution in [2.45, 2.75) is 18.4 Å². The van der Waals surface area contributed by atoms with Crippen LogP contribution in [0.15, 0.2) is 71.9 Å². The molecule has 0 saturated carbocycles. The number of carbonyl (C=O) groups excluding carboxylic acids is 1. The Hall–Kier alpha value is -3.66. The third-order valence-corrected chi connectivity index (χ3v) is 5.91. The molecule has 4 rings (SSSR count). The Morgan fingerprint density at radius 3 is 2.81 bits per heavy atom. The molecule has 0 atom stereocenters. The summed E-state index contributed by atoms with van der Waals surface area (Å²) in [7, 11) is 1.58. The molecule has 2 aromatic heterocycles. The SMILES string of the molecule is COCc1cc(C#Cc2ccccc2NSc2c(C)ccc3cccnc23)cnc1C=O. The van der Waals surface area contributed by atoms with Crippen molar-refractivity contribution in [1.29, 1.82) is 0 Å². The van der Waals surface area contributed by atoms with Crippen molar-refractivity contribution < 1.29 is 9.53 Å². The number of ether oxygens (including phenoxy) is 1. The minimum absolute atomic E-state index is 0.309. The number of anilines is 1. The number of para-hydroxylation sites is 1. The number of benzene rings is 2. The molecule has 0 aliphatic heterocycles. The van der Waals surface area contributed by atoms with E-state index in [4.69, 9.17) is 4.74 Å². The molecule has 0 aliphatic rings. The van der Waals surface area contributed by atoms with Crippen molar-refractivity contribution in [3.8, 4) is 11.8 Å². The highest BCUT2D eigenvalue weighted by atomic mass is 32.2. The summed E-state index contributed by atoms with van der Waals surface area (Å²) in [6.45, 7) is 2.39. The Balaban J connectivity index is 1.60. The zero-order chi connectivity index (χ0) is 22.3. The number of pyridine rings is 2. The molecule has 0 amide bonds. The molecule has 4 aromatic rings. The second kappa shape index (κ2) is 10.1. The first-order valence-corrected chi connectivity index (χ1v) is 10.8. The van der Waals surface area contributed by atoms with E-state index in [9.17, 15) is 4.79 Å². The van der Waals surface area contributed by atoms with Gasteiger partial charge < -0.3 is 9.46 Å². The Labute approximate surface area is 191 Å². The van der Waals surface area contributed by atoms with Crippen molar-refractivity contribution in [1.82, 2.24) is 9.97 Å². The van der Waals surface area contributed by atoms with E-state index in [1.807, 2.05) is 42.6 Å². The van der Waals surface area contributed by atoms with Gasteiger partial charge in [-0.3, -0.25) is 14.8 Å².